The number of likely N-dealkylation sites (tertiary alicyclic amines) is 1. The van der Waals surface area contributed by atoms with Gasteiger partial charge in [-0.1, -0.05) is 18.2 Å². The summed E-state index contributed by atoms with van der Waals surface area (Å²) in [7, 11) is -3.54. The Bertz CT molecular complexity index is 840. The maximum absolute atomic E-state index is 12.9. The van der Waals surface area contributed by atoms with Crippen LogP contribution in [0.4, 0.5) is 4.39 Å². The summed E-state index contributed by atoms with van der Waals surface area (Å²) in [6.45, 7) is 2.17. The summed E-state index contributed by atoms with van der Waals surface area (Å²) in [5.41, 5.74) is 1.45. The Hall–Kier alpha value is -2.21. The third kappa shape index (κ3) is 2.86. The number of carbonyl (C=O) groups excluding carboxylic acids is 1. The van der Waals surface area contributed by atoms with Crippen molar-refractivity contribution >= 4 is 15.7 Å². The van der Waals surface area contributed by atoms with Crippen molar-refractivity contribution in [1.29, 1.82) is 0 Å². The van der Waals surface area contributed by atoms with Gasteiger partial charge < -0.3 is 4.90 Å². The van der Waals surface area contributed by atoms with Gasteiger partial charge >= 0.3 is 0 Å². The molecule has 0 bridgehead atoms. The average molecular weight is 333 g/mol. The largest absolute Gasteiger partial charge is 0.336 e. The van der Waals surface area contributed by atoms with Crippen LogP contribution in [0.1, 0.15) is 15.9 Å². The highest BCUT2D eigenvalue weighted by Crippen LogP contribution is 2.25. The number of rotatable bonds is 3. The fourth-order valence-corrected chi connectivity index (χ4v) is 4.25. The Morgan fingerprint density at radius 2 is 1.70 bits per heavy atom. The van der Waals surface area contributed by atoms with Crippen molar-refractivity contribution < 1.29 is 17.6 Å². The fourth-order valence-electron chi connectivity index (χ4n) is 2.60. The molecule has 2 aromatic carbocycles. The monoisotopic (exact) mass is 333 g/mol. The van der Waals surface area contributed by atoms with E-state index in [1.807, 2.05) is 19.1 Å². The number of amides is 1. The van der Waals surface area contributed by atoms with Gasteiger partial charge in [0.05, 0.1) is 4.90 Å². The van der Waals surface area contributed by atoms with Crippen molar-refractivity contribution in [3.63, 3.8) is 0 Å². The van der Waals surface area contributed by atoms with Gasteiger partial charge in [0, 0.05) is 18.7 Å². The normalized spacial score (nSPS) is 15.3. The minimum Gasteiger partial charge on any atom is -0.336 e. The number of aryl methyl sites for hydroxylation is 1. The summed E-state index contributed by atoms with van der Waals surface area (Å²) >= 11 is 0. The molecular weight excluding hydrogens is 317 g/mol. The lowest BCUT2D eigenvalue weighted by atomic mass is 10.1. The van der Waals surface area contributed by atoms with E-state index in [1.165, 1.54) is 17.0 Å². The minimum absolute atomic E-state index is 0.0897. The number of carbonyl (C=O) groups is 1. The molecule has 0 saturated carbocycles. The summed E-state index contributed by atoms with van der Waals surface area (Å²) in [6, 6.07) is 12.0. The molecule has 2 aromatic rings. The lowest BCUT2D eigenvalue weighted by Gasteiger charge is -2.38. The van der Waals surface area contributed by atoms with E-state index in [1.54, 1.807) is 12.1 Å². The Morgan fingerprint density at radius 1 is 1.09 bits per heavy atom. The smallest absolute Gasteiger partial charge is 0.254 e. The van der Waals surface area contributed by atoms with Gasteiger partial charge in [0.2, 0.25) is 0 Å². The van der Waals surface area contributed by atoms with Crippen molar-refractivity contribution in [2.75, 3.05) is 13.1 Å². The standard InChI is InChI=1S/C17H16FNO3S/c1-12-4-2-3-5-16(12)17(20)19-10-15(11-19)23(21,22)14-8-6-13(18)7-9-14/h2-9,15H,10-11H2,1H3. The molecule has 3 rings (SSSR count). The molecule has 0 aromatic heterocycles. The van der Waals surface area contributed by atoms with Crippen molar-refractivity contribution in [3.05, 3.63) is 65.5 Å². The van der Waals surface area contributed by atoms with E-state index in [2.05, 4.69) is 0 Å². The number of hydrogen-bond acceptors (Lipinski definition) is 3. The Labute approximate surface area is 134 Å². The lowest BCUT2D eigenvalue weighted by molar-refractivity contribution is 0.0658. The molecule has 0 atom stereocenters. The number of halogens is 1. The van der Waals surface area contributed by atoms with Crippen LogP contribution in [0.3, 0.4) is 0 Å². The first-order chi connectivity index (χ1) is 10.9. The molecular formula is C17H16FNO3S. The molecule has 6 heteroatoms. The van der Waals surface area contributed by atoms with Crippen LogP contribution in [0.25, 0.3) is 0 Å². The molecule has 4 nitrogen and oxygen atoms in total. The molecule has 0 radical (unpaired) electrons. The van der Waals surface area contributed by atoms with Crippen molar-refractivity contribution in [1.82, 2.24) is 4.90 Å². The van der Waals surface area contributed by atoms with E-state index in [0.29, 0.717) is 5.56 Å². The van der Waals surface area contributed by atoms with Gasteiger partial charge in [0.15, 0.2) is 9.84 Å². The Morgan fingerprint density at radius 3 is 2.30 bits per heavy atom. The molecule has 23 heavy (non-hydrogen) atoms. The summed E-state index contributed by atoms with van der Waals surface area (Å²) in [6.07, 6.45) is 0. The first kappa shape index (κ1) is 15.7. The second kappa shape index (κ2) is 5.77. The van der Waals surface area contributed by atoms with Crippen LogP contribution in [0.2, 0.25) is 0 Å². The average Bonchev–Trinajstić information content (AvgIpc) is 2.46. The van der Waals surface area contributed by atoms with Gasteiger partial charge in [0.25, 0.3) is 5.91 Å². The van der Waals surface area contributed by atoms with Crippen LogP contribution in [0.5, 0.6) is 0 Å². The molecule has 1 amide bonds. The van der Waals surface area contributed by atoms with E-state index < -0.39 is 20.9 Å². The van der Waals surface area contributed by atoms with Crippen LogP contribution < -0.4 is 0 Å². The third-order valence-corrected chi connectivity index (χ3v) is 6.20. The maximum atomic E-state index is 12.9. The zero-order chi connectivity index (χ0) is 16.6. The number of hydrogen-bond donors (Lipinski definition) is 0. The predicted octanol–water partition coefficient (Wildman–Crippen LogP) is 2.43. The van der Waals surface area contributed by atoms with Gasteiger partial charge in [-0.15, -0.1) is 0 Å². The van der Waals surface area contributed by atoms with Gasteiger partial charge in [-0.25, -0.2) is 12.8 Å². The Balaban J connectivity index is 1.72. The number of benzene rings is 2. The van der Waals surface area contributed by atoms with Gasteiger partial charge in [-0.2, -0.15) is 0 Å². The molecule has 1 aliphatic heterocycles. The van der Waals surface area contributed by atoms with Crippen LogP contribution in [0.15, 0.2) is 53.4 Å². The van der Waals surface area contributed by atoms with Crippen LogP contribution in [-0.2, 0) is 9.84 Å². The molecule has 1 fully saturated rings. The number of sulfone groups is 1. The van der Waals surface area contributed by atoms with Gasteiger partial charge in [0.1, 0.15) is 11.1 Å². The quantitative estimate of drug-likeness (QED) is 0.811. The SMILES string of the molecule is Cc1ccccc1C(=O)N1CC(S(=O)(=O)c2ccc(F)cc2)C1. The summed E-state index contributed by atoms with van der Waals surface area (Å²) < 4.78 is 37.8. The highest BCUT2D eigenvalue weighted by Gasteiger charge is 2.40. The Kier molecular flexibility index (Phi) is 3.93. The minimum atomic E-state index is -3.54. The second-order valence-corrected chi connectivity index (χ2v) is 7.87. The van der Waals surface area contributed by atoms with Crippen molar-refractivity contribution in [2.24, 2.45) is 0 Å². The molecule has 0 unspecified atom stereocenters. The number of nitrogens with zero attached hydrogens (tertiary/aromatic N) is 1. The topological polar surface area (TPSA) is 54.5 Å². The van der Waals surface area contributed by atoms with E-state index >= 15 is 0 Å². The van der Waals surface area contributed by atoms with Crippen molar-refractivity contribution in [3.8, 4) is 0 Å². The molecule has 1 saturated heterocycles. The molecule has 0 N–H and O–H groups in total. The summed E-state index contributed by atoms with van der Waals surface area (Å²) in [4.78, 5) is 14.0. The van der Waals surface area contributed by atoms with Gasteiger partial charge in [-0.3, -0.25) is 4.79 Å². The predicted molar refractivity (Wildman–Crippen MR) is 84.5 cm³/mol. The fraction of sp³-hybridized carbons (Fsp3) is 0.235. The molecule has 1 heterocycles. The maximum Gasteiger partial charge on any atom is 0.254 e. The van der Waals surface area contributed by atoms with Crippen LogP contribution in [-0.4, -0.2) is 37.6 Å². The van der Waals surface area contributed by atoms with E-state index in [0.717, 1.165) is 17.7 Å². The highest BCUT2D eigenvalue weighted by molar-refractivity contribution is 7.92. The van der Waals surface area contributed by atoms with E-state index in [4.69, 9.17) is 0 Å². The first-order valence-electron chi connectivity index (χ1n) is 7.24. The van der Waals surface area contributed by atoms with Crippen LogP contribution in [0, 0.1) is 12.7 Å². The van der Waals surface area contributed by atoms with E-state index in [9.17, 15) is 17.6 Å². The zero-order valence-electron chi connectivity index (χ0n) is 12.6. The first-order valence-corrected chi connectivity index (χ1v) is 8.78. The third-order valence-electron chi connectivity index (χ3n) is 4.09. The molecule has 0 aliphatic carbocycles. The van der Waals surface area contributed by atoms with Crippen LogP contribution >= 0.6 is 0 Å². The highest BCUT2D eigenvalue weighted by atomic mass is 32.2. The summed E-state index contributed by atoms with van der Waals surface area (Å²) in [5, 5.41) is -0.638. The van der Waals surface area contributed by atoms with Crippen molar-refractivity contribution in [2.45, 2.75) is 17.1 Å². The zero-order valence-corrected chi connectivity index (χ0v) is 13.4. The second-order valence-electron chi connectivity index (χ2n) is 5.65. The molecule has 0 spiro atoms. The van der Waals surface area contributed by atoms with Gasteiger partial charge in [-0.05, 0) is 42.8 Å². The lowest BCUT2D eigenvalue weighted by Crippen LogP contribution is -2.56. The molecule has 1 aliphatic rings. The summed E-state index contributed by atoms with van der Waals surface area (Å²) in [5.74, 6) is -0.637. The molecule has 120 valence electrons. The van der Waals surface area contributed by atoms with E-state index in [-0.39, 0.29) is 23.9 Å².